The highest BCUT2D eigenvalue weighted by molar-refractivity contribution is 5.80. The van der Waals surface area contributed by atoms with Gasteiger partial charge in [0.15, 0.2) is 23.9 Å². The summed E-state index contributed by atoms with van der Waals surface area (Å²) in [6.07, 6.45) is 0.315. The molecule has 0 heterocycles. The summed E-state index contributed by atoms with van der Waals surface area (Å²) in [5.41, 5.74) is -0.0174. The van der Waals surface area contributed by atoms with Crippen LogP contribution < -0.4 is 0 Å². The Labute approximate surface area is 79.4 Å². The van der Waals surface area contributed by atoms with Crippen LogP contribution >= 0.6 is 0 Å². The summed E-state index contributed by atoms with van der Waals surface area (Å²) in [5, 5.41) is 17.2. The molecule has 4 heteroatoms. The van der Waals surface area contributed by atoms with Crippen LogP contribution in [-0.2, 0) is 0 Å². The number of carbonyl (C=O) groups excluding carboxylic acids is 1. The highest BCUT2D eigenvalue weighted by Crippen LogP contribution is 2.20. The first-order chi connectivity index (χ1) is 6.69. The van der Waals surface area contributed by atoms with Crippen molar-refractivity contribution in [2.75, 3.05) is 0 Å². The van der Waals surface area contributed by atoms with Gasteiger partial charge in [0.05, 0.1) is 5.56 Å². The van der Waals surface area contributed by atoms with Gasteiger partial charge in [0.25, 0.3) is 0 Å². The lowest BCUT2D eigenvalue weighted by Crippen LogP contribution is -1.88. The average Bonchev–Trinajstić information content (AvgIpc) is 2.19. The van der Waals surface area contributed by atoms with E-state index < -0.39 is 11.6 Å². The Hall–Kier alpha value is -2.33. The number of benzene rings is 1. The average molecular weight is 189 g/mol. The van der Waals surface area contributed by atoms with Gasteiger partial charge in [-0.2, -0.15) is 5.26 Å². The molecule has 14 heavy (non-hydrogen) atoms. The first-order valence-electron chi connectivity index (χ1n) is 3.57. The van der Waals surface area contributed by atoms with Crippen molar-refractivity contribution in [3.05, 3.63) is 29.1 Å². The first kappa shape index (κ1) is 9.76. The summed E-state index contributed by atoms with van der Waals surface area (Å²) in [6.45, 7) is 0. The van der Waals surface area contributed by atoms with Crippen LogP contribution in [0, 0.1) is 29.0 Å². The molecule has 0 radical (unpaired) electrons. The third kappa shape index (κ3) is 1.88. The molecule has 1 aromatic rings. The smallest absolute Gasteiger partial charge is 0.166 e. The number of phenols is 1. The molecule has 0 aromatic heterocycles. The Morgan fingerprint density at radius 1 is 1.50 bits per heavy atom. The van der Waals surface area contributed by atoms with Gasteiger partial charge in [0.1, 0.15) is 0 Å². The van der Waals surface area contributed by atoms with Crippen molar-refractivity contribution in [2.24, 2.45) is 0 Å². The first-order valence-corrected chi connectivity index (χ1v) is 3.57. The van der Waals surface area contributed by atoms with E-state index in [4.69, 9.17) is 10.4 Å². The number of phenolic OH excluding ortho intramolecular Hbond substituents is 1. The number of rotatable bonds is 1. The van der Waals surface area contributed by atoms with Gasteiger partial charge in [-0.3, -0.25) is 4.79 Å². The standard InChI is InChI=1S/C10H4FNO2/c11-9-5-7(2-1-3-12)4-8(6-13)10(9)14/h4-6,14H. The molecule has 0 fully saturated rings. The van der Waals surface area contributed by atoms with Crippen molar-refractivity contribution in [2.45, 2.75) is 0 Å². The molecule has 0 amide bonds. The second-order valence-electron chi connectivity index (χ2n) is 2.38. The Kier molecular flexibility index (Phi) is 2.83. The quantitative estimate of drug-likeness (QED) is 0.533. The van der Waals surface area contributed by atoms with E-state index in [1.165, 1.54) is 6.07 Å². The largest absolute Gasteiger partial charge is 0.504 e. The van der Waals surface area contributed by atoms with E-state index in [0.29, 0.717) is 6.29 Å². The molecule has 1 rings (SSSR count). The Morgan fingerprint density at radius 2 is 2.21 bits per heavy atom. The fourth-order valence-corrected chi connectivity index (χ4v) is 0.882. The van der Waals surface area contributed by atoms with Crippen LogP contribution in [-0.4, -0.2) is 11.4 Å². The van der Waals surface area contributed by atoms with Crippen molar-refractivity contribution in [1.82, 2.24) is 0 Å². The van der Waals surface area contributed by atoms with Gasteiger partial charge in [0.2, 0.25) is 0 Å². The molecule has 0 aliphatic heterocycles. The van der Waals surface area contributed by atoms with Gasteiger partial charge in [-0.05, 0) is 12.1 Å². The SMILES string of the molecule is N#CC#Cc1cc(F)c(O)c(C=O)c1. The molecule has 0 spiro atoms. The molecule has 0 saturated heterocycles. The van der Waals surface area contributed by atoms with E-state index >= 15 is 0 Å². The predicted octanol–water partition coefficient (Wildman–Crippen LogP) is 1.22. The molecule has 0 unspecified atom stereocenters. The third-order valence-corrected chi connectivity index (χ3v) is 1.48. The summed E-state index contributed by atoms with van der Waals surface area (Å²) in [6, 6.07) is 3.71. The van der Waals surface area contributed by atoms with Gasteiger partial charge in [-0.1, -0.05) is 5.92 Å². The molecule has 68 valence electrons. The molecule has 0 aliphatic rings. The maximum absolute atomic E-state index is 12.9. The fraction of sp³-hybridized carbons (Fsp3) is 0. The molecule has 0 bridgehead atoms. The minimum atomic E-state index is -0.933. The minimum Gasteiger partial charge on any atom is -0.504 e. The lowest BCUT2D eigenvalue weighted by molar-refractivity contribution is 0.112. The lowest BCUT2D eigenvalue weighted by atomic mass is 10.1. The number of nitriles is 1. The summed E-state index contributed by atoms with van der Waals surface area (Å²) in [5.74, 6) is 2.73. The Bertz CT molecular complexity index is 477. The van der Waals surface area contributed by atoms with E-state index in [-0.39, 0.29) is 11.1 Å². The fourth-order valence-electron chi connectivity index (χ4n) is 0.882. The number of hydrogen-bond donors (Lipinski definition) is 1. The monoisotopic (exact) mass is 189 g/mol. The van der Waals surface area contributed by atoms with Crippen molar-refractivity contribution in [3.63, 3.8) is 0 Å². The summed E-state index contributed by atoms with van der Waals surface area (Å²) in [7, 11) is 0. The van der Waals surface area contributed by atoms with Crippen molar-refractivity contribution in [1.29, 1.82) is 5.26 Å². The molecule has 3 nitrogen and oxygen atoms in total. The van der Waals surface area contributed by atoms with Crippen LogP contribution in [0.1, 0.15) is 15.9 Å². The van der Waals surface area contributed by atoms with Crippen LogP contribution in [0.3, 0.4) is 0 Å². The van der Waals surface area contributed by atoms with Crippen LogP contribution in [0.25, 0.3) is 0 Å². The number of nitrogens with zero attached hydrogens (tertiary/aromatic N) is 1. The summed E-state index contributed by atoms with van der Waals surface area (Å²) in [4.78, 5) is 10.4. The number of aromatic hydroxyl groups is 1. The maximum atomic E-state index is 12.9. The van der Waals surface area contributed by atoms with Gasteiger partial charge < -0.3 is 5.11 Å². The highest BCUT2D eigenvalue weighted by atomic mass is 19.1. The molecule has 0 atom stereocenters. The number of carbonyl (C=O) groups is 1. The summed E-state index contributed by atoms with van der Waals surface area (Å²) < 4.78 is 12.9. The Balaban J connectivity index is 3.31. The normalized spacial score (nSPS) is 8.29. The molecule has 0 saturated carbocycles. The van der Waals surface area contributed by atoms with Crippen molar-refractivity contribution >= 4 is 6.29 Å². The second-order valence-corrected chi connectivity index (χ2v) is 2.38. The van der Waals surface area contributed by atoms with Crippen molar-refractivity contribution < 1.29 is 14.3 Å². The van der Waals surface area contributed by atoms with E-state index in [2.05, 4.69) is 11.8 Å². The molecular weight excluding hydrogens is 185 g/mol. The minimum absolute atomic E-state index is 0.170. The molecule has 1 aromatic carbocycles. The van der Waals surface area contributed by atoms with E-state index in [1.807, 2.05) is 0 Å². The van der Waals surface area contributed by atoms with Gasteiger partial charge in [-0.25, -0.2) is 4.39 Å². The molecule has 1 N–H and O–H groups in total. The van der Waals surface area contributed by atoms with E-state index in [9.17, 15) is 9.18 Å². The van der Waals surface area contributed by atoms with E-state index in [1.54, 1.807) is 6.07 Å². The second kappa shape index (κ2) is 4.06. The maximum Gasteiger partial charge on any atom is 0.166 e. The number of hydrogen-bond acceptors (Lipinski definition) is 3. The zero-order valence-electron chi connectivity index (χ0n) is 6.91. The zero-order chi connectivity index (χ0) is 10.6. The number of halogens is 1. The van der Waals surface area contributed by atoms with Crippen LogP contribution in [0.5, 0.6) is 5.75 Å². The lowest BCUT2D eigenvalue weighted by Gasteiger charge is -1.99. The van der Waals surface area contributed by atoms with Crippen molar-refractivity contribution in [3.8, 4) is 23.7 Å². The molecule has 0 aliphatic carbocycles. The van der Waals surface area contributed by atoms with Gasteiger partial charge in [0, 0.05) is 11.5 Å². The van der Waals surface area contributed by atoms with Crippen LogP contribution in [0.15, 0.2) is 12.1 Å². The third-order valence-electron chi connectivity index (χ3n) is 1.48. The number of aldehydes is 1. The molecular formula is C10H4FNO2. The van der Waals surface area contributed by atoms with Gasteiger partial charge in [-0.15, -0.1) is 0 Å². The Morgan fingerprint density at radius 3 is 2.79 bits per heavy atom. The van der Waals surface area contributed by atoms with Crippen LogP contribution in [0.2, 0.25) is 0 Å². The topological polar surface area (TPSA) is 61.1 Å². The zero-order valence-corrected chi connectivity index (χ0v) is 6.91. The summed E-state index contributed by atoms with van der Waals surface area (Å²) >= 11 is 0. The van der Waals surface area contributed by atoms with Gasteiger partial charge >= 0.3 is 0 Å². The predicted molar refractivity (Wildman–Crippen MR) is 45.9 cm³/mol. The highest BCUT2D eigenvalue weighted by Gasteiger charge is 2.07. The van der Waals surface area contributed by atoms with E-state index in [0.717, 1.165) is 6.07 Å². The van der Waals surface area contributed by atoms with Crippen LogP contribution in [0.4, 0.5) is 4.39 Å².